The Morgan fingerprint density at radius 1 is 1.13 bits per heavy atom. The predicted molar refractivity (Wildman–Crippen MR) is 111 cm³/mol. The average molecular weight is 425 g/mol. The molecule has 31 heavy (non-hydrogen) atoms. The topological polar surface area (TPSA) is 114 Å². The first-order valence-electron chi connectivity index (χ1n) is 9.64. The van der Waals surface area contributed by atoms with Crippen molar-refractivity contribution in [2.24, 2.45) is 5.92 Å². The van der Waals surface area contributed by atoms with E-state index in [-0.39, 0.29) is 13.0 Å². The van der Waals surface area contributed by atoms with Gasteiger partial charge in [0.25, 0.3) is 11.8 Å². The molecule has 3 amide bonds. The summed E-state index contributed by atoms with van der Waals surface area (Å²) >= 11 is 0. The number of ether oxygens (including phenoxy) is 2. The van der Waals surface area contributed by atoms with Crippen molar-refractivity contribution >= 4 is 29.4 Å². The molecule has 0 spiro atoms. The van der Waals surface area contributed by atoms with Gasteiger partial charge in [-0.25, -0.2) is 0 Å². The van der Waals surface area contributed by atoms with Crippen molar-refractivity contribution in [2.75, 3.05) is 25.6 Å². The fraction of sp³-hybridized carbons (Fsp3) is 0.273. The maximum Gasteiger partial charge on any atom is 0.311 e. The molecule has 1 aliphatic rings. The number of carbonyl (C=O) groups is 4. The summed E-state index contributed by atoms with van der Waals surface area (Å²) in [5, 5.41) is 3.70. The molecule has 1 heterocycles. The van der Waals surface area contributed by atoms with Crippen molar-refractivity contribution in [3.63, 3.8) is 0 Å². The van der Waals surface area contributed by atoms with Crippen LogP contribution in [0.5, 0.6) is 5.75 Å². The summed E-state index contributed by atoms with van der Waals surface area (Å²) in [5.74, 6) is -2.23. The second kappa shape index (κ2) is 9.75. The quantitative estimate of drug-likeness (QED) is 0.653. The second-order valence-electron chi connectivity index (χ2n) is 7.10. The van der Waals surface area contributed by atoms with Crippen LogP contribution in [-0.4, -0.2) is 49.0 Å². The number of benzene rings is 2. The molecule has 2 N–H and O–H groups in total. The molecular weight excluding hydrogens is 402 g/mol. The first-order valence-corrected chi connectivity index (χ1v) is 9.64. The van der Waals surface area contributed by atoms with E-state index in [1.54, 1.807) is 48.5 Å². The number of rotatable bonds is 7. The van der Waals surface area contributed by atoms with Gasteiger partial charge in [-0.1, -0.05) is 23.8 Å². The van der Waals surface area contributed by atoms with E-state index in [2.05, 4.69) is 10.7 Å². The van der Waals surface area contributed by atoms with Gasteiger partial charge < -0.3 is 14.8 Å². The van der Waals surface area contributed by atoms with Crippen LogP contribution in [0.25, 0.3) is 0 Å². The standard InChI is InChI=1S/C22H23N3O6/c1-14-6-8-15(9-7-14)21(28)24-25-12-16(10-20(25)27)22(29)31-13-19(26)23-17-4-3-5-18(11-17)30-2/h3-9,11,16H,10,12-13H2,1-2H3,(H,23,26)(H,24,28)/t16-/m1/s1. The number of nitrogens with zero attached hydrogens (tertiary/aromatic N) is 1. The van der Waals surface area contributed by atoms with Crippen LogP contribution < -0.4 is 15.5 Å². The minimum atomic E-state index is -0.768. The Morgan fingerprint density at radius 2 is 1.87 bits per heavy atom. The van der Waals surface area contributed by atoms with Crippen LogP contribution in [0.4, 0.5) is 5.69 Å². The molecule has 0 bridgehead atoms. The number of methoxy groups -OCH3 is 1. The van der Waals surface area contributed by atoms with Gasteiger partial charge in [0, 0.05) is 23.7 Å². The van der Waals surface area contributed by atoms with E-state index < -0.39 is 36.2 Å². The van der Waals surface area contributed by atoms with Gasteiger partial charge in [-0.2, -0.15) is 0 Å². The molecule has 0 aromatic heterocycles. The Hall–Kier alpha value is -3.88. The number of aryl methyl sites for hydroxylation is 1. The monoisotopic (exact) mass is 425 g/mol. The van der Waals surface area contributed by atoms with Gasteiger partial charge in [-0.3, -0.25) is 29.6 Å². The smallest absolute Gasteiger partial charge is 0.311 e. The summed E-state index contributed by atoms with van der Waals surface area (Å²) in [5.41, 5.74) is 4.41. The highest BCUT2D eigenvalue weighted by Crippen LogP contribution is 2.19. The number of hydrazine groups is 1. The number of hydrogen-bond donors (Lipinski definition) is 2. The lowest BCUT2D eigenvalue weighted by atomic mass is 10.1. The number of hydrogen-bond acceptors (Lipinski definition) is 6. The molecule has 1 aliphatic heterocycles. The highest BCUT2D eigenvalue weighted by Gasteiger charge is 2.36. The maximum atomic E-state index is 12.3. The van der Waals surface area contributed by atoms with Crippen molar-refractivity contribution in [2.45, 2.75) is 13.3 Å². The van der Waals surface area contributed by atoms with E-state index in [1.807, 2.05) is 6.92 Å². The third kappa shape index (κ3) is 5.81. The van der Waals surface area contributed by atoms with E-state index in [0.717, 1.165) is 10.6 Å². The Balaban J connectivity index is 1.47. The third-order valence-corrected chi connectivity index (χ3v) is 4.71. The molecule has 0 unspecified atom stereocenters. The summed E-state index contributed by atoms with van der Waals surface area (Å²) < 4.78 is 10.1. The zero-order valence-electron chi connectivity index (χ0n) is 17.2. The van der Waals surface area contributed by atoms with Crippen LogP contribution in [0.15, 0.2) is 48.5 Å². The summed E-state index contributed by atoms with van der Waals surface area (Å²) in [4.78, 5) is 48.7. The highest BCUT2D eigenvalue weighted by molar-refractivity contribution is 5.97. The zero-order chi connectivity index (χ0) is 22.4. The van der Waals surface area contributed by atoms with Crippen molar-refractivity contribution in [3.8, 4) is 5.75 Å². The molecule has 0 aliphatic carbocycles. The molecule has 0 saturated carbocycles. The van der Waals surface area contributed by atoms with Crippen LogP contribution in [0.3, 0.4) is 0 Å². The number of esters is 1. The molecule has 162 valence electrons. The lowest BCUT2D eigenvalue weighted by Gasteiger charge is -2.17. The van der Waals surface area contributed by atoms with E-state index in [0.29, 0.717) is 17.0 Å². The van der Waals surface area contributed by atoms with Gasteiger partial charge in [0.15, 0.2) is 6.61 Å². The minimum absolute atomic E-state index is 0.0211. The lowest BCUT2D eigenvalue weighted by Crippen LogP contribution is -2.43. The second-order valence-corrected chi connectivity index (χ2v) is 7.10. The molecule has 1 fully saturated rings. The molecule has 0 radical (unpaired) electrons. The van der Waals surface area contributed by atoms with Gasteiger partial charge >= 0.3 is 5.97 Å². The van der Waals surface area contributed by atoms with Crippen LogP contribution >= 0.6 is 0 Å². The first-order chi connectivity index (χ1) is 14.9. The molecule has 1 saturated heterocycles. The SMILES string of the molecule is COc1cccc(NC(=O)COC(=O)[C@@H]2CC(=O)N(NC(=O)c3ccc(C)cc3)C2)c1. The van der Waals surface area contributed by atoms with Crippen LogP contribution in [0.1, 0.15) is 22.3 Å². The van der Waals surface area contributed by atoms with E-state index in [4.69, 9.17) is 9.47 Å². The van der Waals surface area contributed by atoms with Gasteiger partial charge in [0.1, 0.15) is 5.75 Å². The van der Waals surface area contributed by atoms with Crippen LogP contribution in [0.2, 0.25) is 0 Å². The fourth-order valence-electron chi connectivity index (χ4n) is 3.02. The molecule has 3 rings (SSSR count). The Bertz CT molecular complexity index is 989. The van der Waals surface area contributed by atoms with Crippen molar-refractivity contribution in [1.29, 1.82) is 0 Å². The largest absolute Gasteiger partial charge is 0.497 e. The number of nitrogens with one attached hydrogen (secondary N) is 2. The van der Waals surface area contributed by atoms with E-state index in [9.17, 15) is 19.2 Å². The Morgan fingerprint density at radius 3 is 2.58 bits per heavy atom. The third-order valence-electron chi connectivity index (χ3n) is 4.71. The average Bonchev–Trinajstić information content (AvgIpc) is 3.12. The molecule has 1 atom stereocenters. The molecule has 2 aromatic carbocycles. The van der Waals surface area contributed by atoms with E-state index >= 15 is 0 Å². The lowest BCUT2D eigenvalue weighted by molar-refractivity contribution is -0.151. The van der Waals surface area contributed by atoms with Crippen LogP contribution in [-0.2, 0) is 19.1 Å². The van der Waals surface area contributed by atoms with Gasteiger partial charge in [0.2, 0.25) is 5.91 Å². The summed E-state index contributed by atoms with van der Waals surface area (Å²) in [6, 6.07) is 13.6. The number of anilines is 1. The fourth-order valence-corrected chi connectivity index (χ4v) is 3.02. The highest BCUT2D eigenvalue weighted by atomic mass is 16.5. The Labute approximate surface area is 179 Å². The van der Waals surface area contributed by atoms with Crippen LogP contribution in [0, 0.1) is 12.8 Å². The minimum Gasteiger partial charge on any atom is -0.497 e. The molecule has 9 heteroatoms. The van der Waals surface area contributed by atoms with E-state index in [1.165, 1.54) is 7.11 Å². The zero-order valence-corrected chi connectivity index (χ0v) is 17.2. The maximum absolute atomic E-state index is 12.3. The first kappa shape index (κ1) is 21.8. The Kier molecular flexibility index (Phi) is 6.86. The summed E-state index contributed by atoms with van der Waals surface area (Å²) in [7, 11) is 1.51. The predicted octanol–water partition coefficient (Wildman–Crippen LogP) is 1.68. The normalized spacial score (nSPS) is 15.4. The molecular formula is C22H23N3O6. The van der Waals surface area contributed by atoms with Crippen molar-refractivity contribution < 1.29 is 28.7 Å². The summed E-state index contributed by atoms with van der Waals surface area (Å²) in [6.45, 7) is 1.39. The van der Waals surface area contributed by atoms with Crippen molar-refractivity contribution in [1.82, 2.24) is 10.4 Å². The van der Waals surface area contributed by atoms with Gasteiger partial charge in [-0.15, -0.1) is 0 Å². The molecule has 2 aromatic rings. The van der Waals surface area contributed by atoms with Gasteiger partial charge in [-0.05, 0) is 31.2 Å². The number of carbonyl (C=O) groups excluding carboxylic acids is 4. The van der Waals surface area contributed by atoms with Crippen molar-refractivity contribution in [3.05, 3.63) is 59.7 Å². The molecule has 9 nitrogen and oxygen atoms in total. The van der Waals surface area contributed by atoms with Gasteiger partial charge in [0.05, 0.1) is 19.6 Å². The number of amides is 3. The summed E-state index contributed by atoms with van der Waals surface area (Å²) in [6.07, 6.45) is -0.107.